The Morgan fingerprint density at radius 1 is 1.37 bits per heavy atom. The smallest absolute Gasteiger partial charge is 0.255 e. The van der Waals surface area contributed by atoms with Crippen LogP contribution in [0.1, 0.15) is 10.4 Å². The predicted molar refractivity (Wildman–Crippen MR) is 62.9 cm³/mol. The molecule has 0 spiro atoms. The minimum atomic E-state index is -2.65. The first-order chi connectivity index (χ1) is 9.11. The fourth-order valence-electron chi connectivity index (χ4n) is 1.72. The number of nitrogens with one attached hydrogen (secondary N) is 1. The van der Waals surface area contributed by atoms with E-state index >= 15 is 0 Å². The molecule has 1 heterocycles. The highest BCUT2D eigenvalue weighted by Gasteiger charge is 2.19. The molecule has 0 aliphatic heterocycles. The van der Waals surface area contributed by atoms with Gasteiger partial charge in [0.1, 0.15) is 11.0 Å². The third kappa shape index (κ3) is 3.02. The van der Waals surface area contributed by atoms with Crippen LogP contribution in [-0.2, 0) is 0 Å². The maximum absolute atomic E-state index is 12.4. The number of amides is 1. The van der Waals surface area contributed by atoms with Gasteiger partial charge in [-0.3, -0.25) is 4.79 Å². The Kier molecular flexibility index (Phi) is 4.00. The fraction of sp³-hybridized carbons (Fsp3) is 0.364. The lowest BCUT2D eigenvalue weighted by molar-refractivity contribution is 0.0509. The van der Waals surface area contributed by atoms with Crippen molar-refractivity contribution in [3.63, 3.8) is 0 Å². The lowest BCUT2D eigenvalue weighted by Crippen LogP contribution is -2.37. The number of H-pyrrole nitrogens is 1. The van der Waals surface area contributed by atoms with Gasteiger partial charge < -0.3 is 10.0 Å². The van der Waals surface area contributed by atoms with Gasteiger partial charge in [-0.2, -0.15) is 15.4 Å². The molecular weight excluding hydrogens is 258 g/mol. The average Bonchev–Trinajstić information content (AvgIpc) is 2.84. The van der Waals surface area contributed by atoms with Gasteiger partial charge in [0.15, 0.2) is 0 Å². The number of alkyl halides is 2. The van der Waals surface area contributed by atoms with Gasteiger partial charge in [0.05, 0.1) is 13.2 Å². The van der Waals surface area contributed by atoms with E-state index in [4.69, 9.17) is 5.11 Å². The number of hydrogen-bond acceptors (Lipinski definition) is 4. The monoisotopic (exact) mass is 270 g/mol. The number of carbonyl (C=O) groups is 1. The van der Waals surface area contributed by atoms with Crippen molar-refractivity contribution in [2.24, 2.45) is 0 Å². The lowest BCUT2D eigenvalue weighted by atomic mass is 10.1. The molecule has 2 rings (SSSR count). The van der Waals surface area contributed by atoms with Crippen molar-refractivity contribution in [1.82, 2.24) is 20.3 Å². The Morgan fingerprint density at radius 2 is 2.11 bits per heavy atom. The highest BCUT2D eigenvalue weighted by molar-refractivity contribution is 5.97. The van der Waals surface area contributed by atoms with E-state index in [1.807, 2.05) is 0 Å². The molecule has 19 heavy (non-hydrogen) atoms. The first kappa shape index (κ1) is 13.3. The molecular formula is C11H12F2N4O2. The van der Waals surface area contributed by atoms with Crippen LogP contribution < -0.4 is 0 Å². The third-order valence-corrected chi connectivity index (χ3v) is 2.58. The maximum Gasteiger partial charge on any atom is 0.255 e. The van der Waals surface area contributed by atoms with E-state index in [0.29, 0.717) is 11.0 Å². The minimum Gasteiger partial charge on any atom is -0.395 e. The van der Waals surface area contributed by atoms with Gasteiger partial charge in [0, 0.05) is 12.1 Å². The van der Waals surface area contributed by atoms with Crippen molar-refractivity contribution >= 4 is 16.9 Å². The zero-order chi connectivity index (χ0) is 13.8. The number of rotatable bonds is 5. The van der Waals surface area contributed by atoms with Crippen LogP contribution >= 0.6 is 0 Å². The second kappa shape index (κ2) is 5.70. The molecule has 0 saturated heterocycles. The Balaban J connectivity index is 2.24. The second-order valence-electron chi connectivity index (χ2n) is 3.89. The summed E-state index contributed by atoms with van der Waals surface area (Å²) in [7, 11) is 0. The second-order valence-corrected chi connectivity index (χ2v) is 3.89. The third-order valence-electron chi connectivity index (χ3n) is 2.58. The van der Waals surface area contributed by atoms with Gasteiger partial charge in [-0.15, -0.1) is 0 Å². The topological polar surface area (TPSA) is 82.1 Å². The van der Waals surface area contributed by atoms with Crippen LogP contribution in [0.4, 0.5) is 8.78 Å². The van der Waals surface area contributed by atoms with Crippen LogP contribution in [-0.4, -0.2) is 57.4 Å². The van der Waals surface area contributed by atoms with Crippen molar-refractivity contribution in [3.8, 4) is 0 Å². The van der Waals surface area contributed by atoms with E-state index in [1.165, 1.54) is 12.1 Å². The molecule has 1 aromatic heterocycles. The van der Waals surface area contributed by atoms with Crippen LogP contribution in [0.25, 0.3) is 11.0 Å². The molecule has 0 atom stereocenters. The van der Waals surface area contributed by atoms with Crippen molar-refractivity contribution in [3.05, 3.63) is 23.8 Å². The summed E-state index contributed by atoms with van der Waals surface area (Å²) in [5, 5.41) is 18.9. The SMILES string of the molecule is O=C(c1ccc2n[nH]nc2c1)N(CCO)CC(F)F. The molecule has 0 radical (unpaired) electrons. The number of fused-ring (bicyclic) bond motifs is 1. The quantitative estimate of drug-likeness (QED) is 0.836. The predicted octanol–water partition coefficient (Wildman–Crippen LogP) is 0.657. The number of nitrogens with zero attached hydrogens (tertiary/aromatic N) is 3. The first-order valence-corrected chi connectivity index (χ1v) is 5.60. The van der Waals surface area contributed by atoms with Gasteiger partial charge >= 0.3 is 0 Å². The highest BCUT2D eigenvalue weighted by Crippen LogP contribution is 2.13. The summed E-state index contributed by atoms with van der Waals surface area (Å²) in [5.41, 5.74) is 1.29. The van der Waals surface area contributed by atoms with E-state index in [0.717, 1.165) is 4.90 Å². The largest absolute Gasteiger partial charge is 0.395 e. The molecule has 6 nitrogen and oxygen atoms in total. The van der Waals surface area contributed by atoms with Crippen molar-refractivity contribution in [2.45, 2.75) is 6.43 Å². The number of aromatic nitrogens is 3. The minimum absolute atomic E-state index is 0.139. The zero-order valence-electron chi connectivity index (χ0n) is 9.88. The molecule has 2 aromatic rings. The van der Waals surface area contributed by atoms with Crippen LogP contribution in [0, 0.1) is 0 Å². The summed E-state index contributed by atoms with van der Waals surface area (Å²) in [6, 6.07) is 4.53. The van der Waals surface area contributed by atoms with Crippen LogP contribution in [0.2, 0.25) is 0 Å². The Bertz CT molecular complexity index is 573. The number of hydrogen-bond donors (Lipinski definition) is 2. The summed E-state index contributed by atoms with van der Waals surface area (Å²) >= 11 is 0. The summed E-state index contributed by atoms with van der Waals surface area (Å²) < 4.78 is 24.8. The molecule has 1 aromatic carbocycles. The molecule has 1 amide bonds. The molecule has 0 aliphatic carbocycles. The van der Waals surface area contributed by atoms with Crippen molar-refractivity contribution in [2.75, 3.05) is 19.7 Å². The summed E-state index contributed by atoms with van der Waals surface area (Å²) in [5.74, 6) is -0.570. The molecule has 102 valence electrons. The Hall–Kier alpha value is -2.09. The van der Waals surface area contributed by atoms with Crippen LogP contribution in [0.3, 0.4) is 0 Å². The van der Waals surface area contributed by atoms with Crippen LogP contribution in [0.5, 0.6) is 0 Å². The molecule has 0 fully saturated rings. The van der Waals surface area contributed by atoms with Gasteiger partial charge in [-0.1, -0.05) is 0 Å². The van der Waals surface area contributed by atoms with Gasteiger partial charge in [-0.25, -0.2) is 8.78 Å². The Morgan fingerprint density at radius 3 is 2.79 bits per heavy atom. The first-order valence-electron chi connectivity index (χ1n) is 5.60. The molecule has 0 unspecified atom stereocenters. The lowest BCUT2D eigenvalue weighted by Gasteiger charge is -2.21. The summed E-state index contributed by atoms with van der Waals surface area (Å²) in [6.45, 7) is -1.22. The van der Waals surface area contributed by atoms with Crippen LogP contribution in [0.15, 0.2) is 18.2 Å². The number of halogens is 2. The van der Waals surface area contributed by atoms with Gasteiger partial charge in [0.2, 0.25) is 0 Å². The zero-order valence-corrected chi connectivity index (χ0v) is 9.88. The number of benzene rings is 1. The summed E-state index contributed by atoms with van der Waals surface area (Å²) in [4.78, 5) is 13.0. The van der Waals surface area contributed by atoms with Gasteiger partial charge in [-0.05, 0) is 18.2 Å². The average molecular weight is 270 g/mol. The number of aliphatic hydroxyl groups excluding tert-OH is 1. The van der Waals surface area contributed by atoms with E-state index in [2.05, 4.69) is 15.4 Å². The molecule has 8 heteroatoms. The normalized spacial score (nSPS) is 11.2. The molecule has 0 aliphatic rings. The standard InChI is InChI=1S/C11H12F2N4O2/c12-10(13)6-17(3-4-18)11(19)7-1-2-8-9(5-7)15-16-14-8/h1-2,5,10,18H,3-4,6H2,(H,14,15,16). The number of aromatic amines is 1. The van der Waals surface area contributed by atoms with Crippen molar-refractivity contribution < 1.29 is 18.7 Å². The number of aliphatic hydroxyl groups is 1. The molecule has 0 bridgehead atoms. The van der Waals surface area contributed by atoms with E-state index in [9.17, 15) is 13.6 Å². The fourth-order valence-corrected chi connectivity index (χ4v) is 1.72. The summed E-state index contributed by atoms with van der Waals surface area (Å²) in [6.07, 6.45) is -2.65. The van der Waals surface area contributed by atoms with Crippen molar-refractivity contribution in [1.29, 1.82) is 0 Å². The van der Waals surface area contributed by atoms with E-state index in [1.54, 1.807) is 6.07 Å². The highest BCUT2D eigenvalue weighted by atomic mass is 19.3. The van der Waals surface area contributed by atoms with E-state index in [-0.39, 0.29) is 18.7 Å². The van der Waals surface area contributed by atoms with Gasteiger partial charge in [0.25, 0.3) is 12.3 Å². The van der Waals surface area contributed by atoms with E-state index < -0.39 is 18.9 Å². The maximum atomic E-state index is 12.4. The Labute approximate surface area is 107 Å². The molecule has 2 N–H and O–H groups in total. The number of carbonyl (C=O) groups excluding carboxylic acids is 1. The molecule has 0 saturated carbocycles.